The van der Waals surface area contributed by atoms with Gasteiger partial charge in [0.2, 0.25) is 0 Å². The summed E-state index contributed by atoms with van der Waals surface area (Å²) in [4.78, 5) is 0. The molecule has 0 unspecified atom stereocenters. The molecule has 2 aliphatic rings. The lowest BCUT2D eigenvalue weighted by molar-refractivity contribution is 0.600. The van der Waals surface area contributed by atoms with Crippen LogP contribution in [-0.4, -0.2) is 0 Å². The van der Waals surface area contributed by atoms with Crippen molar-refractivity contribution in [2.24, 2.45) is 0 Å². The van der Waals surface area contributed by atoms with Gasteiger partial charge in [-0.2, -0.15) is 0 Å². The molecule has 2 nitrogen and oxygen atoms in total. The van der Waals surface area contributed by atoms with Gasteiger partial charge in [0.25, 0.3) is 0 Å². The van der Waals surface area contributed by atoms with Gasteiger partial charge in [-0.05, 0) is 71.0 Å². The van der Waals surface area contributed by atoms with Crippen LogP contribution in [0, 0.1) is 6.92 Å². The van der Waals surface area contributed by atoms with E-state index in [9.17, 15) is 0 Å². The highest BCUT2D eigenvalue weighted by Gasteiger charge is 2.43. The zero-order valence-electron chi connectivity index (χ0n) is 23.5. The van der Waals surface area contributed by atoms with E-state index in [-0.39, 0.29) is 10.8 Å². The Morgan fingerprint density at radius 1 is 0.667 bits per heavy atom. The van der Waals surface area contributed by atoms with E-state index in [1.54, 1.807) is 0 Å². The number of hydrogen-bond acceptors (Lipinski definition) is 2. The Kier molecular flexibility index (Phi) is 4.30. The zero-order valence-corrected chi connectivity index (χ0v) is 23.5. The van der Waals surface area contributed by atoms with E-state index in [2.05, 4.69) is 114 Å². The fraction of sp³-hybridized carbons (Fsp3) is 0.243. The number of para-hydroxylation sites is 1. The molecule has 0 aliphatic heterocycles. The maximum absolute atomic E-state index is 6.62. The first-order valence-corrected chi connectivity index (χ1v) is 14.1. The summed E-state index contributed by atoms with van der Waals surface area (Å²) < 4.78 is 13.2. The highest BCUT2D eigenvalue weighted by Crippen LogP contribution is 2.59. The normalized spacial score (nSPS) is 16.4. The summed E-state index contributed by atoms with van der Waals surface area (Å²) in [5.74, 6) is 0.965. The van der Waals surface area contributed by atoms with Gasteiger partial charge in [-0.15, -0.1) is 0 Å². The minimum Gasteiger partial charge on any atom is -0.456 e. The van der Waals surface area contributed by atoms with Gasteiger partial charge < -0.3 is 8.83 Å². The van der Waals surface area contributed by atoms with Gasteiger partial charge in [-0.3, -0.25) is 0 Å². The van der Waals surface area contributed by atoms with Crippen molar-refractivity contribution >= 4 is 39.0 Å². The molecule has 192 valence electrons. The van der Waals surface area contributed by atoms with Crippen LogP contribution in [-0.2, 0) is 10.8 Å². The standard InChI is InChI=1S/C37H32O2/c1-7-8-12-30-20(2)21-14-16-26-32(34(21)38-30)24-18-29-25(19-28(24)36(26,3)4)33-27(37(29,5)6)17-15-23-22-11-9-10-13-31(22)39-35(23)33/h8-19H,7H2,1-6H3/b12-8-. The van der Waals surface area contributed by atoms with Crippen LogP contribution >= 0.6 is 0 Å². The summed E-state index contributed by atoms with van der Waals surface area (Å²) in [6, 6.07) is 22.5. The molecule has 0 radical (unpaired) electrons. The molecule has 8 rings (SSSR count). The number of hydrogen-bond donors (Lipinski definition) is 0. The van der Waals surface area contributed by atoms with E-state index in [0.29, 0.717) is 0 Å². The summed E-state index contributed by atoms with van der Waals surface area (Å²) in [5.41, 5.74) is 14.4. The highest BCUT2D eigenvalue weighted by atomic mass is 16.3. The zero-order chi connectivity index (χ0) is 26.8. The van der Waals surface area contributed by atoms with Gasteiger partial charge in [-0.25, -0.2) is 0 Å². The minimum absolute atomic E-state index is 0.136. The smallest absolute Gasteiger partial charge is 0.143 e. The molecule has 0 saturated carbocycles. The Morgan fingerprint density at radius 3 is 1.90 bits per heavy atom. The fourth-order valence-electron chi connectivity index (χ4n) is 7.39. The van der Waals surface area contributed by atoms with Crippen LogP contribution in [0.1, 0.15) is 74.6 Å². The van der Waals surface area contributed by atoms with Gasteiger partial charge in [0, 0.05) is 43.7 Å². The molecule has 39 heavy (non-hydrogen) atoms. The number of rotatable bonds is 2. The number of benzene rings is 4. The van der Waals surface area contributed by atoms with Crippen molar-refractivity contribution in [3.8, 4) is 22.3 Å². The Hall–Kier alpha value is -4.04. The van der Waals surface area contributed by atoms with Gasteiger partial charge in [0.05, 0.1) is 0 Å². The number of fused-ring (bicyclic) bond motifs is 12. The summed E-state index contributed by atoms with van der Waals surface area (Å²) in [6.07, 6.45) is 5.29. The van der Waals surface area contributed by atoms with Crippen LogP contribution in [0.15, 0.2) is 75.6 Å². The quantitative estimate of drug-likeness (QED) is 0.232. The molecule has 2 heterocycles. The summed E-state index contributed by atoms with van der Waals surface area (Å²) in [5, 5.41) is 3.58. The van der Waals surface area contributed by atoms with Crippen LogP contribution in [0.25, 0.3) is 61.2 Å². The van der Waals surface area contributed by atoms with Gasteiger partial charge in [0.1, 0.15) is 22.5 Å². The van der Waals surface area contributed by atoms with Gasteiger partial charge in [0.15, 0.2) is 0 Å². The molecule has 0 atom stereocenters. The topological polar surface area (TPSA) is 26.3 Å². The Morgan fingerprint density at radius 2 is 1.26 bits per heavy atom. The van der Waals surface area contributed by atoms with Gasteiger partial charge >= 0.3 is 0 Å². The second kappa shape index (κ2) is 7.33. The van der Waals surface area contributed by atoms with Crippen molar-refractivity contribution in [3.05, 3.63) is 100 Å². The molecule has 2 aromatic heterocycles. The van der Waals surface area contributed by atoms with Crippen molar-refractivity contribution in [3.63, 3.8) is 0 Å². The number of allylic oxidation sites excluding steroid dienone is 1. The highest BCUT2D eigenvalue weighted by molar-refractivity contribution is 6.12. The lowest BCUT2D eigenvalue weighted by Crippen LogP contribution is -2.16. The van der Waals surface area contributed by atoms with Crippen molar-refractivity contribution in [1.82, 2.24) is 0 Å². The van der Waals surface area contributed by atoms with Crippen LogP contribution in [0.4, 0.5) is 0 Å². The third kappa shape index (κ3) is 2.72. The number of aryl methyl sites for hydroxylation is 1. The van der Waals surface area contributed by atoms with E-state index in [0.717, 1.165) is 28.9 Å². The van der Waals surface area contributed by atoms with Crippen molar-refractivity contribution in [1.29, 1.82) is 0 Å². The van der Waals surface area contributed by atoms with E-state index in [1.807, 2.05) is 0 Å². The molecule has 0 amide bonds. The Balaban J connectivity index is 1.44. The number of furan rings is 2. The van der Waals surface area contributed by atoms with E-state index in [1.165, 1.54) is 66.2 Å². The van der Waals surface area contributed by atoms with Crippen LogP contribution in [0.5, 0.6) is 0 Å². The lowest BCUT2D eigenvalue weighted by atomic mass is 9.79. The second-order valence-electron chi connectivity index (χ2n) is 12.4. The van der Waals surface area contributed by atoms with Crippen molar-refractivity contribution in [2.45, 2.75) is 58.8 Å². The maximum Gasteiger partial charge on any atom is 0.143 e. The van der Waals surface area contributed by atoms with E-state index in [4.69, 9.17) is 8.83 Å². The summed E-state index contributed by atoms with van der Waals surface area (Å²) >= 11 is 0. The molecule has 4 aromatic carbocycles. The first kappa shape index (κ1) is 22.9. The maximum atomic E-state index is 6.62. The average molecular weight is 509 g/mol. The molecular weight excluding hydrogens is 476 g/mol. The molecule has 2 heteroatoms. The first-order valence-electron chi connectivity index (χ1n) is 14.1. The summed E-state index contributed by atoms with van der Waals surface area (Å²) in [7, 11) is 0. The lowest BCUT2D eigenvalue weighted by Gasteiger charge is -2.24. The van der Waals surface area contributed by atoms with E-state index < -0.39 is 0 Å². The molecular formula is C37H32O2. The van der Waals surface area contributed by atoms with Crippen molar-refractivity contribution < 1.29 is 8.83 Å². The largest absolute Gasteiger partial charge is 0.456 e. The fourth-order valence-corrected chi connectivity index (χ4v) is 7.39. The van der Waals surface area contributed by atoms with Crippen LogP contribution < -0.4 is 0 Å². The predicted octanol–water partition coefficient (Wildman–Crippen LogP) is 10.7. The minimum atomic E-state index is -0.137. The van der Waals surface area contributed by atoms with E-state index >= 15 is 0 Å². The second-order valence-corrected chi connectivity index (χ2v) is 12.4. The Labute approximate surface area is 228 Å². The molecule has 0 fully saturated rings. The summed E-state index contributed by atoms with van der Waals surface area (Å²) in [6.45, 7) is 13.7. The molecule has 0 bridgehead atoms. The molecule has 0 spiro atoms. The molecule has 2 aliphatic carbocycles. The SMILES string of the molecule is CC/C=C\c1oc2c3c(ccc2c1C)C(C)(C)c1cc2c(cc1-3)C(C)(C)c1ccc3c(oc4ccccc43)c1-2. The first-order chi connectivity index (χ1) is 18.7. The van der Waals surface area contributed by atoms with Crippen LogP contribution in [0.3, 0.4) is 0 Å². The average Bonchev–Trinajstić information content (AvgIpc) is 3.59. The molecule has 6 aromatic rings. The van der Waals surface area contributed by atoms with Crippen molar-refractivity contribution in [2.75, 3.05) is 0 Å². The van der Waals surface area contributed by atoms with Crippen LogP contribution in [0.2, 0.25) is 0 Å². The molecule has 0 saturated heterocycles. The monoisotopic (exact) mass is 508 g/mol. The third-order valence-corrected chi connectivity index (χ3v) is 9.58. The molecule has 0 N–H and O–H groups in total. The predicted molar refractivity (Wildman–Crippen MR) is 163 cm³/mol. The Bertz CT molecular complexity index is 2060. The van der Waals surface area contributed by atoms with Gasteiger partial charge in [-0.1, -0.05) is 83.2 Å². The third-order valence-electron chi connectivity index (χ3n) is 9.58.